The van der Waals surface area contributed by atoms with Gasteiger partial charge in [0.25, 0.3) is 5.91 Å². The third-order valence-corrected chi connectivity index (χ3v) is 8.69. The summed E-state index contributed by atoms with van der Waals surface area (Å²) in [6, 6.07) is 0.0504. The van der Waals surface area contributed by atoms with E-state index >= 15 is 0 Å². The molecule has 8 heteroatoms. The number of ether oxygens (including phenoxy) is 3. The average molecular weight is 506 g/mol. The lowest BCUT2D eigenvalue weighted by atomic mass is 9.77. The Morgan fingerprint density at radius 2 is 1.87 bits per heavy atom. The minimum absolute atomic E-state index is 0.000240. The Bertz CT molecular complexity index is 651. The second-order valence-corrected chi connectivity index (χ2v) is 10.8. The predicted molar refractivity (Wildman–Crippen MR) is 120 cm³/mol. The number of rotatable bonds is 5. The van der Waals surface area contributed by atoms with Crippen molar-refractivity contribution < 1.29 is 19.0 Å². The summed E-state index contributed by atoms with van der Waals surface area (Å²) in [6.07, 6.45) is 9.51. The molecule has 8 atom stereocenters. The number of amides is 1. The summed E-state index contributed by atoms with van der Waals surface area (Å²) in [5.41, 5.74) is 1.13. The summed E-state index contributed by atoms with van der Waals surface area (Å²) < 4.78 is 17.1. The van der Waals surface area contributed by atoms with Gasteiger partial charge in [-0.1, -0.05) is 28.8 Å². The van der Waals surface area contributed by atoms with Crippen molar-refractivity contribution in [3.8, 4) is 0 Å². The number of carbonyl (C=O) groups excluding carboxylic acids is 1. The van der Waals surface area contributed by atoms with Crippen LogP contribution in [0.5, 0.6) is 0 Å². The molecule has 6 nitrogen and oxygen atoms in total. The van der Waals surface area contributed by atoms with Gasteiger partial charge in [0.15, 0.2) is 0 Å². The maximum Gasteiger partial charge on any atom is 0.272 e. The summed E-state index contributed by atoms with van der Waals surface area (Å²) in [4.78, 5) is 13.4. The molecule has 3 fully saturated rings. The highest BCUT2D eigenvalue weighted by Crippen LogP contribution is 2.41. The summed E-state index contributed by atoms with van der Waals surface area (Å²) >= 11 is 10.3. The first-order valence-electron chi connectivity index (χ1n) is 11.4. The van der Waals surface area contributed by atoms with Crippen molar-refractivity contribution in [3.05, 3.63) is 0 Å². The lowest BCUT2D eigenvalue weighted by Crippen LogP contribution is -2.46. The summed E-state index contributed by atoms with van der Waals surface area (Å²) in [7, 11) is 3.51. The minimum Gasteiger partial charge on any atom is -0.379 e. The molecule has 30 heavy (non-hydrogen) atoms. The molecule has 0 aromatic carbocycles. The lowest BCUT2D eigenvalue weighted by Gasteiger charge is -2.36. The molecule has 0 spiro atoms. The number of methoxy groups -OCH3 is 2. The van der Waals surface area contributed by atoms with E-state index < -0.39 is 6.10 Å². The van der Waals surface area contributed by atoms with E-state index in [9.17, 15) is 4.79 Å². The van der Waals surface area contributed by atoms with Gasteiger partial charge in [0.2, 0.25) is 0 Å². The van der Waals surface area contributed by atoms with Crippen LogP contribution in [0, 0.1) is 11.8 Å². The molecular weight excluding hydrogens is 472 g/mol. The van der Waals surface area contributed by atoms with Crippen LogP contribution in [0.1, 0.15) is 64.2 Å². The monoisotopic (exact) mass is 504 g/mol. The van der Waals surface area contributed by atoms with E-state index in [-0.39, 0.29) is 34.5 Å². The molecule has 2 heterocycles. The third kappa shape index (κ3) is 4.75. The lowest BCUT2D eigenvalue weighted by molar-refractivity contribution is -0.144. The molecule has 170 valence electrons. The predicted octanol–water partition coefficient (Wildman–Crippen LogP) is 4.47. The molecule has 4 rings (SSSR count). The van der Waals surface area contributed by atoms with Gasteiger partial charge in [-0.25, -0.2) is 5.01 Å². The van der Waals surface area contributed by atoms with Gasteiger partial charge in [-0.15, -0.1) is 11.6 Å². The second kappa shape index (κ2) is 10.2. The standard InChI is InChI=1S/C22H34BrClN2O4/c1-28-18-8-7-13(11-20(18)29-2)16-12-17(14-5-3-4-6-15(14)24)26(25-16)22(27)19-9-10-21(23)30-19/h13-15,17-21H,3-12H2,1-2H3. The van der Waals surface area contributed by atoms with Gasteiger partial charge in [0, 0.05) is 37.6 Å². The van der Waals surface area contributed by atoms with Crippen LogP contribution in [-0.4, -0.2) is 65.6 Å². The molecule has 8 unspecified atom stereocenters. The quantitative estimate of drug-likeness (QED) is 0.517. The van der Waals surface area contributed by atoms with E-state index in [0.717, 1.165) is 57.1 Å². The molecular formula is C22H34BrClN2O4. The van der Waals surface area contributed by atoms with Crippen molar-refractivity contribution in [1.82, 2.24) is 5.01 Å². The highest BCUT2D eigenvalue weighted by Gasteiger charge is 2.46. The van der Waals surface area contributed by atoms with Crippen molar-refractivity contribution in [1.29, 1.82) is 0 Å². The fourth-order valence-electron chi connectivity index (χ4n) is 5.74. The molecule has 1 saturated heterocycles. The first-order chi connectivity index (χ1) is 14.5. The van der Waals surface area contributed by atoms with Gasteiger partial charge in [-0.2, -0.15) is 5.10 Å². The third-order valence-electron chi connectivity index (χ3n) is 7.47. The maximum absolute atomic E-state index is 13.4. The molecule has 0 bridgehead atoms. The largest absolute Gasteiger partial charge is 0.379 e. The molecule has 0 aromatic heterocycles. The zero-order valence-corrected chi connectivity index (χ0v) is 20.3. The van der Waals surface area contributed by atoms with Crippen LogP contribution in [-0.2, 0) is 19.0 Å². The normalized spacial score (nSPS) is 42.4. The molecule has 2 aliphatic carbocycles. The van der Waals surface area contributed by atoms with E-state index in [1.54, 1.807) is 19.2 Å². The Morgan fingerprint density at radius 3 is 2.53 bits per heavy atom. The van der Waals surface area contributed by atoms with Gasteiger partial charge in [0.1, 0.15) is 11.1 Å². The number of carbonyl (C=O) groups is 1. The Kier molecular flexibility index (Phi) is 7.77. The Hall–Kier alpha value is -0.210. The van der Waals surface area contributed by atoms with Crippen LogP contribution in [0.15, 0.2) is 5.10 Å². The smallest absolute Gasteiger partial charge is 0.272 e. The molecule has 0 N–H and O–H groups in total. The van der Waals surface area contributed by atoms with Crippen molar-refractivity contribution in [3.63, 3.8) is 0 Å². The zero-order valence-electron chi connectivity index (χ0n) is 18.0. The Morgan fingerprint density at radius 1 is 1.10 bits per heavy atom. The average Bonchev–Trinajstić information content (AvgIpc) is 3.40. The molecule has 0 radical (unpaired) electrons. The van der Waals surface area contributed by atoms with Gasteiger partial charge in [-0.05, 0) is 50.9 Å². The van der Waals surface area contributed by atoms with Crippen LogP contribution in [0.4, 0.5) is 0 Å². The molecule has 4 aliphatic rings. The van der Waals surface area contributed by atoms with Gasteiger partial charge in [0.05, 0.1) is 18.2 Å². The summed E-state index contributed by atoms with van der Waals surface area (Å²) in [5, 5.41) is 6.77. The van der Waals surface area contributed by atoms with E-state index in [1.807, 2.05) is 0 Å². The number of nitrogens with zero attached hydrogens (tertiary/aromatic N) is 2. The van der Waals surface area contributed by atoms with Crippen LogP contribution in [0.3, 0.4) is 0 Å². The van der Waals surface area contributed by atoms with Crippen molar-refractivity contribution in [2.24, 2.45) is 16.9 Å². The topological polar surface area (TPSA) is 60.4 Å². The van der Waals surface area contributed by atoms with Gasteiger partial charge in [-0.3, -0.25) is 4.79 Å². The van der Waals surface area contributed by atoms with E-state index in [2.05, 4.69) is 15.9 Å². The van der Waals surface area contributed by atoms with Gasteiger partial charge < -0.3 is 14.2 Å². The second-order valence-electron chi connectivity index (χ2n) is 9.18. The van der Waals surface area contributed by atoms with E-state index in [4.69, 9.17) is 30.9 Å². The van der Waals surface area contributed by atoms with Gasteiger partial charge >= 0.3 is 0 Å². The number of hydrogen-bond donors (Lipinski definition) is 0. The molecule has 2 aliphatic heterocycles. The SMILES string of the molecule is COC1CCC(C2=NN(C(=O)C3CCC(Br)O3)C(C3CCCCC3Cl)C2)CC1OC. The fraction of sp³-hybridized carbons (Fsp3) is 0.909. The van der Waals surface area contributed by atoms with Crippen LogP contribution >= 0.6 is 27.5 Å². The fourth-order valence-corrected chi connectivity index (χ4v) is 6.72. The number of hydrazone groups is 1. The van der Waals surface area contributed by atoms with Crippen LogP contribution < -0.4 is 0 Å². The Labute approximate surface area is 193 Å². The van der Waals surface area contributed by atoms with Crippen molar-refractivity contribution in [2.75, 3.05) is 14.2 Å². The first kappa shape index (κ1) is 23.0. The molecule has 0 aromatic rings. The van der Waals surface area contributed by atoms with Crippen molar-refractivity contribution in [2.45, 2.75) is 99.0 Å². The van der Waals surface area contributed by atoms with E-state index in [0.29, 0.717) is 11.8 Å². The zero-order chi connectivity index (χ0) is 21.3. The van der Waals surface area contributed by atoms with Crippen molar-refractivity contribution >= 4 is 39.1 Å². The summed E-state index contributed by atoms with van der Waals surface area (Å²) in [6.45, 7) is 0. The minimum atomic E-state index is -0.409. The number of hydrogen-bond acceptors (Lipinski definition) is 5. The van der Waals surface area contributed by atoms with Crippen LogP contribution in [0.2, 0.25) is 0 Å². The maximum atomic E-state index is 13.4. The Balaban J connectivity index is 1.53. The van der Waals surface area contributed by atoms with Crippen LogP contribution in [0.25, 0.3) is 0 Å². The summed E-state index contributed by atoms with van der Waals surface area (Å²) in [5.74, 6) is 0.619. The highest BCUT2D eigenvalue weighted by atomic mass is 79.9. The molecule has 2 saturated carbocycles. The first-order valence-corrected chi connectivity index (χ1v) is 12.8. The molecule has 1 amide bonds. The number of halogens is 2. The van der Waals surface area contributed by atoms with E-state index in [1.165, 1.54) is 12.8 Å². The number of alkyl halides is 2. The highest BCUT2D eigenvalue weighted by molar-refractivity contribution is 9.09.